The maximum Gasteiger partial charge on any atom is 0.573 e. The van der Waals surface area contributed by atoms with Crippen LogP contribution in [0.5, 0.6) is 5.75 Å². The van der Waals surface area contributed by atoms with Gasteiger partial charge in [-0.05, 0) is 43.0 Å². The molecule has 0 radical (unpaired) electrons. The number of nitrogens with zero attached hydrogens (tertiary/aromatic N) is 1. The van der Waals surface area contributed by atoms with E-state index in [4.69, 9.17) is 0 Å². The Morgan fingerprint density at radius 3 is 2.27 bits per heavy atom. The molecule has 2 aliphatic rings. The fourth-order valence-corrected chi connectivity index (χ4v) is 4.00. The summed E-state index contributed by atoms with van der Waals surface area (Å²) < 4.78 is 40.9. The molecule has 10 heteroatoms. The third kappa shape index (κ3) is 4.64. The van der Waals surface area contributed by atoms with E-state index in [2.05, 4.69) is 15.4 Å². The molecule has 1 saturated carbocycles. The second-order valence-corrected chi connectivity index (χ2v) is 8.44. The molecule has 2 aromatic carbocycles. The van der Waals surface area contributed by atoms with E-state index in [1.807, 2.05) is 30.3 Å². The number of carbonyl (C=O) groups excluding carboxylic acids is 3. The highest BCUT2D eigenvalue weighted by atomic mass is 19.4. The first-order valence-electron chi connectivity index (χ1n) is 10.4. The topological polar surface area (TPSA) is 87.7 Å². The molecule has 0 bridgehead atoms. The van der Waals surface area contributed by atoms with Crippen LogP contribution >= 0.6 is 0 Å². The molecule has 1 aliphatic carbocycles. The van der Waals surface area contributed by atoms with E-state index in [-0.39, 0.29) is 11.0 Å². The SMILES string of the molecule is CC1(c2ccc(OC(F)(F)F)cc2)NC(=O)N(CC(=O)NCC2(c3ccccc3)CC2)C1=O. The van der Waals surface area contributed by atoms with E-state index < -0.39 is 42.0 Å². The highest BCUT2D eigenvalue weighted by Crippen LogP contribution is 2.47. The summed E-state index contributed by atoms with van der Waals surface area (Å²) in [5, 5.41) is 5.34. The third-order valence-corrected chi connectivity index (χ3v) is 6.11. The van der Waals surface area contributed by atoms with Gasteiger partial charge in [-0.25, -0.2) is 4.79 Å². The Labute approximate surface area is 187 Å². The van der Waals surface area contributed by atoms with Crippen molar-refractivity contribution in [3.8, 4) is 5.75 Å². The summed E-state index contributed by atoms with van der Waals surface area (Å²) in [4.78, 5) is 38.7. The molecule has 2 fully saturated rings. The lowest BCUT2D eigenvalue weighted by molar-refractivity contribution is -0.274. The van der Waals surface area contributed by atoms with Gasteiger partial charge in [0.05, 0.1) is 0 Å². The zero-order chi connectivity index (χ0) is 23.9. The van der Waals surface area contributed by atoms with Gasteiger partial charge in [-0.15, -0.1) is 13.2 Å². The van der Waals surface area contributed by atoms with Crippen LogP contribution in [0.25, 0.3) is 0 Å². The number of halogens is 3. The van der Waals surface area contributed by atoms with Crippen molar-refractivity contribution in [1.82, 2.24) is 15.5 Å². The minimum Gasteiger partial charge on any atom is -0.406 e. The fourth-order valence-electron chi connectivity index (χ4n) is 4.00. The van der Waals surface area contributed by atoms with E-state index in [0.29, 0.717) is 6.54 Å². The third-order valence-electron chi connectivity index (χ3n) is 6.11. The van der Waals surface area contributed by atoms with Crippen molar-refractivity contribution in [2.45, 2.75) is 37.1 Å². The molecule has 1 aliphatic heterocycles. The molecule has 4 rings (SSSR count). The molecule has 1 atom stereocenters. The molecule has 0 spiro atoms. The zero-order valence-corrected chi connectivity index (χ0v) is 17.7. The van der Waals surface area contributed by atoms with Crippen LogP contribution in [0, 0.1) is 0 Å². The van der Waals surface area contributed by atoms with Crippen molar-refractivity contribution in [2.75, 3.05) is 13.1 Å². The number of amides is 4. The van der Waals surface area contributed by atoms with Crippen LogP contribution in [-0.2, 0) is 20.5 Å². The summed E-state index contributed by atoms with van der Waals surface area (Å²) >= 11 is 0. The summed E-state index contributed by atoms with van der Waals surface area (Å²) in [5.74, 6) is -1.59. The number of benzene rings is 2. The van der Waals surface area contributed by atoms with Crippen molar-refractivity contribution in [1.29, 1.82) is 0 Å². The number of alkyl halides is 3. The molecular formula is C23H22F3N3O4. The minimum absolute atomic E-state index is 0.122. The highest BCUT2D eigenvalue weighted by molar-refractivity contribution is 6.09. The molecule has 7 nitrogen and oxygen atoms in total. The Hall–Kier alpha value is -3.56. The molecule has 174 valence electrons. The van der Waals surface area contributed by atoms with E-state index in [9.17, 15) is 27.6 Å². The van der Waals surface area contributed by atoms with Crippen LogP contribution in [0.4, 0.5) is 18.0 Å². The van der Waals surface area contributed by atoms with Crippen molar-refractivity contribution >= 4 is 17.8 Å². The first-order valence-corrected chi connectivity index (χ1v) is 10.4. The predicted molar refractivity (Wildman–Crippen MR) is 111 cm³/mol. The van der Waals surface area contributed by atoms with Crippen molar-refractivity contribution in [2.24, 2.45) is 0 Å². The molecule has 33 heavy (non-hydrogen) atoms. The lowest BCUT2D eigenvalue weighted by Crippen LogP contribution is -2.44. The molecule has 2 aromatic rings. The van der Waals surface area contributed by atoms with Crippen LogP contribution in [0.1, 0.15) is 30.9 Å². The lowest BCUT2D eigenvalue weighted by Gasteiger charge is -2.23. The Kier molecular flexibility index (Phi) is 5.55. The van der Waals surface area contributed by atoms with Crippen molar-refractivity contribution < 1.29 is 32.3 Å². The second-order valence-electron chi connectivity index (χ2n) is 8.44. The number of rotatable bonds is 7. The first-order chi connectivity index (χ1) is 15.5. The number of hydrogen-bond donors (Lipinski definition) is 2. The summed E-state index contributed by atoms with van der Waals surface area (Å²) in [6.07, 6.45) is -2.97. The van der Waals surface area contributed by atoms with Gasteiger partial charge >= 0.3 is 12.4 Å². The maximum absolute atomic E-state index is 13.0. The quantitative estimate of drug-likeness (QED) is 0.620. The summed E-state index contributed by atoms with van der Waals surface area (Å²) in [6, 6.07) is 13.7. The Morgan fingerprint density at radius 2 is 1.70 bits per heavy atom. The predicted octanol–water partition coefficient (Wildman–Crippen LogP) is 3.20. The first kappa shape index (κ1) is 22.6. The Balaban J connectivity index is 1.39. The standard InChI is InChI=1S/C23H22F3N3O4/c1-21(15-7-9-17(10-8-15)33-23(24,25)26)19(31)29(20(32)28-21)13-18(30)27-14-22(11-12-22)16-5-3-2-4-6-16/h2-10H,11-14H2,1H3,(H,27,30)(H,28,32). The summed E-state index contributed by atoms with van der Waals surface area (Å²) in [7, 11) is 0. The van der Waals surface area contributed by atoms with E-state index >= 15 is 0 Å². The van der Waals surface area contributed by atoms with Crippen LogP contribution in [0.15, 0.2) is 54.6 Å². The van der Waals surface area contributed by atoms with Crippen LogP contribution in [0.2, 0.25) is 0 Å². The molecule has 0 aromatic heterocycles. The average Bonchev–Trinajstić information content (AvgIpc) is 3.52. The smallest absolute Gasteiger partial charge is 0.406 e. The lowest BCUT2D eigenvalue weighted by atomic mass is 9.92. The Bertz CT molecular complexity index is 1070. The van der Waals surface area contributed by atoms with Gasteiger partial charge in [-0.3, -0.25) is 14.5 Å². The van der Waals surface area contributed by atoms with Gasteiger partial charge < -0.3 is 15.4 Å². The molecule has 1 saturated heterocycles. The van der Waals surface area contributed by atoms with Gasteiger partial charge in [0.25, 0.3) is 5.91 Å². The number of urea groups is 1. The monoisotopic (exact) mass is 461 g/mol. The molecule has 2 N–H and O–H groups in total. The molecular weight excluding hydrogens is 439 g/mol. The largest absolute Gasteiger partial charge is 0.573 e. The number of imide groups is 1. The van der Waals surface area contributed by atoms with Gasteiger partial charge in [0.1, 0.15) is 17.8 Å². The van der Waals surface area contributed by atoms with Crippen molar-refractivity contribution in [3.63, 3.8) is 0 Å². The van der Waals surface area contributed by atoms with Gasteiger partial charge in [0.2, 0.25) is 5.91 Å². The van der Waals surface area contributed by atoms with Crippen LogP contribution in [0.3, 0.4) is 0 Å². The van der Waals surface area contributed by atoms with Gasteiger partial charge in [0.15, 0.2) is 0 Å². The van der Waals surface area contributed by atoms with E-state index in [0.717, 1.165) is 35.4 Å². The van der Waals surface area contributed by atoms with Gasteiger partial charge in [-0.1, -0.05) is 42.5 Å². The average molecular weight is 461 g/mol. The summed E-state index contributed by atoms with van der Waals surface area (Å²) in [6.45, 7) is 1.37. The minimum atomic E-state index is -4.84. The Morgan fingerprint density at radius 1 is 1.06 bits per heavy atom. The normalized spacial score (nSPS) is 21.5. The maximum atomic E-state index is 13.0. The zero-order valence-electron chi connectivity index (χ0n) is 17.7. The number of nitrogens with one attached hydrogen (secondary N) is 2. The van der Waals surface area contributed by atoms with Gasteiger partial charge in [0, 0.05) is 12.0 Å². The summed E-state index contributed by atoms with van der Waals surface area (Å²) in [5.41, 5.74) is -0.246. The van der Waals surface area contributed by atoms with E-state index in [1.165, 1.54) is 19.1 Å². The van der Waals surface area contributed by atoms with Crippen LogP contribution < -0.4 is 15.4 Å². The van der Waals surface area contributed by atoms with E-state index in [1.54, 1.807) is 0 Å². The number of ether oxygens (including phenoxy) is 1. The van der Waals surface area contributed by atoms with Crippen LogP contribution in [-0.4, -0.2) is 42.2 Å². The second kappa shape index (κ2) is 8.09. The molecule has 1 unspecified atom stereocenters. The molecule has 4 amide bonds. The fraction of sp³-hybridized carbons (Fsp3) is 0.348. The number of carbonyl (C=O) groups is 3. The van der Waals surface area contributed by atoms with Crippen molar-refractivity contribution in [3.05, 3.63) is 65.7 Å². The van der Waals surface area contributed by atoms with Gasteiger partial charge in [-0.2, -0.15) is 0 Å². The highest BCUT2D eigenvalue weighted by Gasteiger charge is 2.50. The number of hydrogen-bond acceptors (Lipinski definition) is 4. The molecule has 1 heterocycles.